The van der Waals surface area contributed by atoms with Gasteiger partial charge in [0, 0.05) is 5.75 Å². The zero-order chi connectivity index (χ0) is 20.6. The van der Waals surface area contributed by atoms with E-state index in [2.05, 4.69) is 5.32 Å². The zero-order valence-corrected chi connectivity index (χ0v) is 18.2. The molecule has 1 aromatic carbocycles. The van der Waals surface area contributed by atoms with Crippen molar-refractivity contribution < 1.29 is 19.1 Å². The van der Waals surface area contributed by atoms with Gasteiger partial charge in [0.2, 0.25) is 0 Å². The predicted octanol–water partition coefficient (Wildman–Crippen LogP) is 4.89. The van der Waals surface area contributed by atoms with Crippen LogP contribution in [0.25, 0.3) is 0 Å². The van der Waals surface area contributed by atoms with Crippen molar-refractivity contribution in [1.29, 1.82) is 0 Å². The average Bonchev–Trinajstić information content (AvgIpc) is 3.19. The Morgan fingerprint density at radius 2 is 1.93 bits per heavy atom. The molecule has 0 radical (unpaired) electrons. The third kappa shape index (κ3) is 5.38. The SMILES string of the molecule is CCCOC(=O)[C@@H]1CS[C@H](C2CCCCC2)N1C(=O)Nc1ccccc1OCC. The number of urea groups is 1. The van der Waals surface area contributed by atoms with Crippen LogP contribution in [0.3, 0.4) is 0 Å². The summed E-state index contributed by atoms with van der Waals surface area (Å²) in [4.78, 5) is 27.8. The molecular weight excluding hydrogens is 388 g/mol. The number of carbonyl (C=O) groups excluding carboxylic acids is 2. The molecular formula is C22H32N2O4S. The molecule has 0 spiro atoms. The monoisotopic (exact) mass is 420 g/mol. The maximum atomic E-state index is 13.4. The van der Waals surface area contributed by atoms with Crippen molar-refractivity contribution in [3.63, 3.8) is 0 Å². The lowest BCUT2D eigenvalue weighted by Crippen LogP contribution is -2.50. The summed E-state index contributed by atoms with van der Waals surface area (Å²) >= 11 is 1.71. The quantitative estimate of drug-likeness (QED) is 0.636. The molecule has 1 aromatic rings. The topological polar surface area (TPSA) is 67.9 Å². The fraction of sp³-hybridized carbons (Fsp3) is 0.636. The van der Waals surface area contributed by atoms with E-state index in [9.17, 15) is 9.59 Å². The summed E-state index contributed by atoms with van der Waals surface area (Å²) in [5.74, 6) is 1.34. The number of nitrogens with one attached hydrogen (secondary N) is 1. The summed E-state index contributed by atoms with van der Waals surface area (Å²) in [7, 11) is 0. The first kappa shape index (κ1) is 21.8. The Morgan fingerprint density at radius 1 is 1.17 bits per heavy atom. The Labute approximate surface area is 177 Å². The van der Waals surface area contributed by atoms with E-state index in [-0.39, 0.29) is 17.4 Å². The fourth-order valence-corrected chi connectivity index (χ4v) is 5.70. The number of nitrogens with zero attached hydrogens (tertiary/aromatic N) is 1. The lowest BCUT2D eigenvalue weighted by Gasteiger charge is -2.35. The van der Waals surface area contributed by atoms with Crippen molar-refractivity contribution in [2.45, 2.75) is 63.8 Å². The second kappa shape index (κ2) is 10.8. The summed E-state index contributed by atoms with van der Waals surface area (Å²) in [5, 5.41) is 3.00. The van der Waals surface area contributed by atoms with Crippen molar-refractivity contribution in [1.82, 2.24) is 4.90 Å². The van der Waals surface area contributed by atoms with Gasteiger partial charge in [-0.2, -0.15) is 0 Å². The minimum absolute atomic E-state index is 0.00809. The second-order valence-corrected chi connectivity index (χ2v) is 8.72. The van der Waals surface area contributed by atoms with E-state index in [4.69, 9.17) is 9.47 Å². The molecule has 0 unspecified atom stereocenters. The van der Waals surface area contributed by atoms with Gasteiger partial charge in [-0.25, -0.2) is 9.59 Å². The third-order valence-electron chi connectivity index (χ3n) is 5.47. The number of anilines is 1. The molecule has 0 bridgehead atoms. The molecule has 2 atom stereocenters. The minimum Gasteiger partial charge on any atom is -0.492 e. The van der Waals surface area contributed by atoms with Crippen LogP contribution in [0.4, 0.5) is 10.5 Å². The van der Waals surface area contributed by atoms with Crippen LogP contribution in [0.2, 0.25) is 0 Å². The van der Waals surface area contributed by atoms with Crippen LogP contribution in [-0.4, -0.2) is 47.3 Å². The van der Waals surface area contributed by atoms with Crippen molar-refractivity contribution in [2.75, 3.05) is 24.3 Å². The molecule has 2 amide bonds. The maximum absolute atomic E-state index is 13.4. The van der Waals surface area contributed by atoms with Gasteiger partial charge in [-0.1, -0.05) is 38.3 Å². The molecule has 1 aliphatic carbocycles. The highest BCUT2D eigenvalue weighted by Crippen LogP contribution is 2.41. The van der Waals surface area contributed by atoms with Crippen LogP contribution in [-0.2, 0) is 9.53 Å². The highest BCUT2D eigenvalue weighted by molar-refractivity contribution is 8.00. The molecule has 0 aromatic heterocycles. The number of para-hydroxylation sites is 2. The molecule has 2 aliphatic rings. The van der Waals surface area contributed by atoms with Gasteiger partial charge in [0.1, 0.15) is 11.8 Å². The van der Waals surface area contributed by atoms with Crippen LogP contribution < -0.4 is 10.1 Å². The van der Waals surface area contributed by atoms with E-state index in [0.29, 0.717) is 36.3 Å². The van der Waals surface area contributed by atoms with E-state index in [1.807, 2.05) is 38.1 Å². The Balaban J connectivity index is 1.80. The number of benzene rings is 1. The fourth-order valence-electron chi connectivity index (χ4n) is 4.08. The number of esters is 1. The van der Waals surface area contributed by atoms with Gasteiger partial charge in [-0.3, -0.25) is 4.90 Å². The Hall–Kier alpha value is -1.89. The highest BCUT2D eigenvalue weighted by Gasteiger charge is 2.45. The second-order valence-electron chi connectivity index (χ2n) is 7.57. The Bertz CT molecular complexity index is 693. The van der Waals surface area contributed by atoms with E-state index in [1.54, 1.807) is 16.7 Å². The minimum atomic E-state index is -0.544. The average molecular weight is 421 g/mol. The van der Waals surface area contributed by atoms with Gasteiger partial charge in [-0.15, -0.1) is 11.8 Å². The van der Waals surface area contributed by atoms with Crippen LogP contribution in [0.15, 0.2) is 24.3 Å². The van der Waals surface area contributed by atoms with Gasteiger partial charge >= 0.3 is 12.0 Å². The van der Waals surface area contributed by atoms with E-state index in [1.165, 1.54) is 19.3 Å². The van der Waals surface area contributed by atoms with Crippen LogP contribution in [0.1, 0.15) is 52.4 Å². The van der Waals surface area contributed by atoms with Crippen LogP contribution >= 0.6 is 11.8 Å². The smallest absolute Gasteiger partial charge is 0.329 e. The van der Waals surface area contributed by atoms with Gasteiger partial charge in [0.25, 0.3) is 0 Å². The molecule has 29 heavy (non-hydrogen) atoms. The molecule has 1 N–H and O–H groups in total. The number of hydrogen-bond acceptors (Lipinski definition) is 5. The summed E-state index contributed by atoms with van der Waals surface area (Å²) in [5.41, 5.74) is 0.624. The molecule has 1 saturated carbocycles. The van der Waals surface area contributed by atoms with Crippen LogP contribution in [0, 0.1) is 5.92 Å². The predicted molar refractivity (Wildman–Crippen MR) is 116 cm³/mol. The standard InChI is InChI=1S/C22H32N2O4S/c1-3-14-28-21(25)18-15-29-20(16-10-6-5-7-11-16)24(18)22(26)23-17-12-8-9-13-19(17)27-4-2/h8-9,12-13,16,18,20H,3-7,10-11,14-15H2,1-2H3,(H,23,26)/t18-,20+/m0/s1. The van der Waals surface area contributed by atoms with Gasteiger partial charge < -0.3 is 14.8 Å². The molecule has 6 nitrogen and oxygen atoms in total. The number of thioether (sulfide) groups is 1. The Morgan fingerprint density at radius 3 is 2.66 bits per heavy atom. The number of carbonyl (C=O) groups is 2. The highest BCUT2D eigenvalue weighted by atomic mass is 32.2. The number of amides is 2. The van der Waals surface area contributed by atoms with Gasteiger partial charge in [-0.05, 0) is 44.2 Å². The summed E-state index contributed by atoms with van der Waals surface area (Å²) < 4.78 is 11.0. The molecule has 1 heterocycles. The molecule has 3 rings (SSSR count). The molecule has 2 fully saturated rings. The van der Waals surface area contributed by atoms with Crippen LogP contribution in [0.5, 0.6) is 5.75 Å². The summed E-state index contributed by atoms with van der Waals surface area (Å²) in [6.45, 7) is 4.78. The molecule has 160 valence electrons. The largest absolute Gasteiger partial charge is 0.492 e. The molecule has 1 saturated heterocycles. The van der Waals surface area contributed by atoms with E-state index >= 15 is 0 Å². The van der Waals surface area contributed by atoms with E-state index < -0.39 is 6.04 Å². The molecule has 1 aliphatic heterocycles. The first-order valence-corrected chi connectivity index (χ1v) is 11.8. The molecule has 7 heteroatoms. The maximum Gasteiger partial charge on any atom is 0.329 e. The summed E-state index contributed by atoms with van der Waals surface area (Å²) in [6.07, 6.45) is 6.61. The number of ether oxygens (including phenoxy) is 2. The van der Waals surface area contributed by atoms with Crippen molar-refractivity contribution in [2.24, 2.45) is 5.92 Å². The first-order chi connectivity index (χ1) is 14.2. The van der Waals surface area contributed by atoms with Crippen molar-refractivity contribution >= 4 is 29.4 Å². The van der Waals surface area contributed by atoms with E-state index in [0.717, 1.165) is 19.3 Å². The van der Waals surface area contributed by atoms with Gasteiger partial charge in [0.05, 0.1) is 24.3 Å². The third-order valence-corrected chi connectivity index (χ3v) is 6.93. The number of hydrogen-bond donors (Lipinski definition) is 1. The first-order valence-electron chi connectivity index (χ1n) is 10.7. The Kier molecular flexibility index (Phi) is 8.09. The zero-order valence-electron chi connectivity index (χ0n) is 17.4. The van der Waals surface area contributed by atoms with Crippen molar-refractivity contribution in [3.8, 4) is 5.75 Å². The normalized spacial score (nSPS) is 22.3. The summed E-state index contributed by atoms with van der Waals surface area (Å²) in [6, 6.07) is 6.61. The number of rotatable bonds is 7. The lowest BCUT2D eigenvalue weighted by molar-refractivity contribution is -0.148. The van der Waals surface area contributed by atoms with Crippen molar-refractivity contribution in [3.05, 3.63) is 24.3 Å². The van der Waals surface area contributed by atoms with Gasteiger partial charge in [0.15, 0.2) is 0 Å². The lowest BCUT2D eigenvalue weighted by atomic mass is 9.88.